The smallest absolute Gasteiger partial charge is 0.0935 e. The maximum atomic E-state index is 10.9. The van der Waals surface area contributed by atoms with Gasteiger partial charge in [0.25, 0.3) is 0 Å². The first-order valence-corrected chi connectivity index (χ1v) is 7.36. The molecule has 0 aliphatic carbocycles. The van der Waals surface area contributed by atoms with Crippen molar-refractivity contribution in [3.63, 3.8) is 0 Å². The number of hydrogen-bond acceptors (Lipinski definition) is 2. The van der Waals surface area contributed by atoms with E-state index in [9.17, 15) is 5.11 Å². The normalized spacial score (nSPS) is 14.3. The lowest BCUT2D eigenvalue weighted by molar-refractivity contribution is 0.0326. The molecule has 2 rings (SSSR count). The van der Waals surface area contributed by atoms with Gasteiger partial charge in [-0.2, -0.15) is 5.10 Å². The summed E-state index contributed by atoms with van der Waals surface area (Å²) in [5.74, 6) is 0. The van der Waals surface area contributed by atoms with Crippen LogP contribution in [-0.2, 0) is 18.6 Å². The van der Waals surface area contributed by atoms with E-state index in [0.717, 1.165) is 22.1 Å². The van der Waals surface area contributed by atoms with Crippen molar-refractivity contribution >= 4 is 15.9 Å². The average Bonchev–Trinajstić information content (AvgIpc) is 2.86. The van der Waals surface area contributed by atoms with Crippen molar-refractivity contribution in [2.24, 2.45) is 0 Å². The Hall–Kier alpha value is -1.13. The number of nitrogens with zero attached hydrogens (tertiary/aromatic N) is 2. The molecule has 2 aromatic rings. The molecular formula is C15H19BrN2O. The topological polar surface area (TPSA) is 38.0 Å². The highest BCUT2D eigenvalue weighted by Gasteiger charge is 2.28. The molecular weight excluding hydrogens is 304 g/mol. The summed E-state index contributed by atoms with van der Waals surface area (Å²) in [4.78, 5) is 0. The SMILES string of the molecule is CCn1cc(CC(O)(CC)c2cccc(Br)c2)cn1. The Morgan fingerprint density at radius 1 is 1.37 bits per heavy atom. The molecule has 1 aromatic heterocycles. The first-order chi connectivity index (χ1) is 9.07. The summed E-state index contributed by atoms with van der Waals surface area (Å²) in [5.41, 5.74) is 1.16. The number of rotatable bonds is 5. The van der Waals surface area contributed by atoms with Crippen LogP contribution in [0.2, 0.25) is 0 Å². The molecule has 0 fully saturated rings. The molecule has 1 heterocycles. The zero-order chi connectivity index (χ0) is 13.9. The number of hydrogen-bond donors (Lipinski definition) is 1. The molecule has 1 aromatic carbocycles. The second-order valence-electron chi connectivity index (χ2n) is 4.78. The number of aliphatic hydroxyl groups is 1. The van der Waals surface area contributed by atoms with Gasteiger partial charge in [-0.15, -0.1) is 0 Å². The van der Waals surface area contributed by atoms with E-state index in [4.69, 9.17) is 0 Å². The molecule has 1 N–H and O–H groups in total. The van der Waals surface area contributed by atoms with E-state index in [2.05, 4.69) is 28.0 Å². The third kappa shape index (κ3) is 3.25. The summed E-state index contributed by atoms with van der Waals surface area (Å²) in [7, 11) is 0. The lowest BCUT2D eigenvalue weighted by Gasteiger charge is -2.27. The molecule has 0 bridgehead atoms. The van der Waals surface area contributed by atoms with Crippen molar-refractivity contribution in [3.05, 3.63) is 52.3 Å². The third-order valence-corrected chi connectivity index (χ3v) is 3.95. The van der Waals surface area contributed by atoms with Gasteiger partial charge in [-0.1, -0.05) is 35.0 Å². The van der Waals surface area contributed by atoms with Crippen molar-refractivity contribution in [1.29, 1.82) is 0 Å². The van der Waals surface area contributed by atoms with Gasteiger partial charge >= 0.3 is 0 Å². The van der Waals surface area contributed by atoms with E-state index in [1.807, 2.05) is 48.3 Å². The van der Waals surface area contributed by atoms with Crippen LogP contribution in [0, 0.1) is 0 Å². The van der Waals surface area contributed by atoms with Crippen LogP contribution in [-0.4, -0.2) is 14.9 Å². The van der Waals surface area contributed by atoms with E-state index in [-0.39, 0.29) is 0 Å². The van der Waals surface area contributed by atoms with E-state index in [0.29, 0.717) is 12.8 Å². The van der Waals surface area contributed by atoms with Gasteiger partial charge in [0, 0.05) is 23.6 Å². The summed E-state index contributed by atoms with van der Waals surface area (Å²) >= 11 is 3.46. The molecule has 102 valence electrons. The molecule has 0 saturated heterocycles. The summed E-state index contributed by atoms with van der Waals surface area (Å²) in [6.45, 7) is 4.91. The largest absolute Gasteiger partial charge is 0.385 e. The van der Waals surface area contributed by atoms with Crippen LogP contribution in [0.15, 0.2) is 41.1 Å². The Labute approximate surface area is 122 Å². The zero-order valence-corrected chi connectivity index (χ0v) is 12.9. The Kier molecular flexibility index (Phi) is 4.42. The van der Waals surface area contributed by atoms with E-state index >= 15 is 0 Å². The monoisotopic (exact) mass is 322 g/mol. The summed E-state index contributed by atoms with van der Waals surface area (Å²) in [6, 6.07) is 7.87. The summed E-state index contributed by atoms with van der Waals surface area (Å²) in [5, 5.41) is 15.2. The zero-order valence-electron chi connectivity index (χ0n) is 11.3. The standard InChI is InChI=1S/C15H19BrN2O/c1-3-15(19,13-6-5-7-14(16)8-13)9-12-10-17-18(4-2)11-12/h5-8,10-11,19H,3-4,9H2,1-2H3. The van der Waals surface area contributed by atoms with Crippen LogP contribution >= 0.6 is 15.9 Å². The molecule has 0 radical (unpaired) electrons. The van der Waals surface area contributed by atoms with Crippen LogP contribution in [0.4, 0.5) is 0 Å². The third-order valence-electron chi connectivity index (χ3n) is 3.45. The molecule has 0 aliphatic rings. The van der Waals surface area contributed by atoms with Gasteiger partial charge in [-0.25, -0.2) is 0 Å². The van der Waals surface area contributed by atoms with Gasteiger partial charge in [-0.3, -0.25) is 4.68 Å². The van der Waals surface area contributed by atoms with Crippen molar-refractivity contribution < 1.29 is 5.11 Å². The molecule has 19 heavy (non-hydrogen) atoms. The number of benzene rings is 1. The van der Waals surface area contributed by atoms with Gasteiger partial charge in [0.2, 0.25) is 0 Å². The minimum absolute atomic E-state index is 0.583. The molecule has 4 heteroatoms. The molecule has 0 amide bonds. The highest BCUT2D eigenvalue weighted by Crippen LogP contribution is 2.30. The quantitative estimate of drug-likeness (QED) is 0.914. The lowest BCUT2D eigenvalue weighted by atomic mass is 9.86. The number of aromatic nitrogens is 2. The fourth-order valence-corrected chi connectivity index (χ4v) is 2.62. The Balaban J connectivity index is 2.27. The molecule has 3 nitrogen and oxygen atoms in total. The van der Waals surface area contributed by atoms with Crippen molar-refractivity contribution in [1.82, 2.24) is 9.78 Å². The maximum Gasteiger partial charge on any atom is 0.0935 e. The second kappa shape index (κ2) is 5.88. The molecule has 0 aliphatic heterocycles. The molecule has 1 atom stereocenters. The maximum absolute atomic E-state index is 10.9. The highest BCUT2D eigenvalue weighted by molar-refractivity contribution is 9.10. The van der Waals surface area contributed by atoms with Gasteiger partial charge in [0.1, 0.15) is 0 Å². The van der Waals surface area contributed by atoms with Gasteiger partial charge in [-0.05, 0) is 36.6 Å². The highest BCUT2D eigenvalue weighted by atomic mass is 79.9. The summed E-state index contributed by atoms with van der Waals surface area (Å²) in [6.07, 6.45) is 5.08. The first-order valence-electron chi connectivity index (χ1n) is 6.57. The van der Waals surface area contributed by atoms with Gasteiger partial charge in [0.05, 0.1) is 11.8 Å². The average molecular weight is 323 g/mol. The first kappa shape index (κ1) is 14.3. The minimum atomic E-state index is -0.842. The van der Waals surface area contributed by atoms with Crippen LogP contribution in [0.1, 0.15) is 31.4 Å². The Morgan fingerprint density at radius 2 is 2.16 bits per heavy atom. The fourth-order valence-electron chi connectivity index (χ4n) is 2.22. The van der Waals surface area contributed by atoms with Crippen LogP contribution in [0.5, 0.6) is 0 Å². The number of aryl methyl sites for hydroxylation is 1. The predicted octanol–water partition coefficient (Wildman–Crippen LogP) is 3.51. The number of halogens is 1. The molecule has 0 saturated carbocycles. The summed E-state index contributed by atoms with van der Waals surface area (Å²) < 4.78 is 2.87. The van der Waals surface area contributed by atoms with Crippen molar-refractivity contribution in [3.8, 4) is 0 Å². The van der Waals surface area contributed by atoms with Crippen LogP contribution < -0.4 is 0 Å². The molecule has 0 spiro atoms. The van der Waals surface area contributed by atoms with Crippen molar-refractivity contribution in [2.75, 3.05) is 0 Å². The molecule has 1 unspecified atom stereocenters. The van der Waals surface area contributed by atoms with Gasteiger partial charge in [0.15, 0.2) is 0 Å². The Morgan fingerprint density at radius 3 is 2.74 bits per heavy atom. The van der Waals surface area contributed by atoms with E-state index < -0.39 is 5.60 Å². The predicted molar refractivity (Wildman–Crippen MR) is 79.9 cm³/mol. The van der Waals surface area contributed by atoms with Gasteiger partial charge < -0.3 is 5.11 Å². The fraction of sp³-hybridized carbons (Fsp3) is 0.400. The Bertz CT molecular complexity index is 553. The minimum Gasteiger partial charge on any atom is -0.385 e. The second-order valence-corrected chi connectivity index (χ2v) is 5.69. The van der Waals surface area contributed by atoms with Crippen molar-refractivity contribution in [2.45, 2.75) is 38.8 Å². The van der Waals surface area contributed by atoms with Crippen LogP contribution in [0.3, 0.4) is 0 Å². The van der Waals surface area contributed by atoms with Crippen LogP contribution in [0.25, 0.3) is 0 Å². The van der Waals surface area contributed by atoms with E-state index in [1.165, 1.54) is 0 Å². The van der Waals surface area contributed by atoms with E-state index in [1.54, 1.807) is 0 Å². The lowest BCUT2D eigenvalue weighted by Crippen LogP contribution is -2.27.